The number of thioether (sulfide) groups is 1. The number of alkyl halides is 3. The van der Waals surface area contributed by atoms with E-state index in [0.717, 1.165) is 31.0 Å². The van der Waals surface area contributed by atoms with Crippen LogP contribution in [-0.2, 0) is 21.0 Å². The number of carbonyl (C=O) groups is 1. The van der Waals surface area contributed by atoms with Crippen LogP contribution in [0.4, 0.5) is 13.2 Å². The van der Waals surface area contributed by atoms with E-state index in [0.29, 0.717) is 12.0 Å². The Balaban J connectivity index is 1.90. The monoisotopic (exact) mass is 465 g/mol. The average molecular weight is 465 g/mol. The molecule has 0 amide bonds. The summed E-state index contributed by atoms with van der Waals surface area (Å²) in [4.78, 5) is 12.1. The molecule has 0 saturated carbocycles. The van der Waals surface area contributed by atoms with Crippen molar-refractivity contribution in [1.29, 1.82) is 0 Å². The lowest BCUT2D eigenvalue weighted by Gasteiger charge is -2.38. The van der Waals surface area contributed by atoms with Gasteiger partial charge in [0, 0.05) is 16.9 Å². The van der Waals surface area contributed by atoms with Crippen LogP contribution in [0.15, 0.2) is 30.4 Å². The summed E-state index contributed by atoms with van der Waals surface area (Å²) in [7, 11) is -4.59. The van der Waals surface area contributed by atoms with Gasteiger partial charge >= 0.3 is 12.1 Å². The molecule has 0 radical (unpaired) electrons. The largest absolute Gasteiger partial charge is 0.748 e. The molecule has 0 aromatic heterocycles. The van der Waals surface area contributed by atoms with E-state index in [1.807, 2.05) is 0 Å². The zero-order valence-corrected chi connectivity index (χ0v) is 17.7. The van der Waals surface area contributed by atoms with Gasteiger partial charge in [-0.15, -0.1) is 0 Å². The average Bonchev–Trinajstić information content (AvgIpc) is 3.21. The first-order valence-electron chi connectivity index (χ1n) is 9.14. The van der Waals surface area contributed by atoms with Crippen molar-refractivity contribution in [2.75, 3.05) is 12.4 Å². The molecule has 2 saturated heterocycles. The Labute approximate surface area is 176 Å². The smallest absolute Gasteiger partial charge is 0.419 e. The van der Waals surface area contributed by atoms with Gasteiger partial charge in [-0.05, 0) is 43.5 Å². The molecule has 11 heteroatoms. The van der Waals surface area contributed by atoms with E-state index in [-0.39, 0.29) is 16.1 Å². The number of ether oxygens (including phenoxy) is 2. The fraction of sp³-hybridized carbons (Fsp3) is 0.526. The van der Waals surface area contributed by atoms with Gasteiger partial charge in [0.15, 0.2) is 0 Å². The van der Waals surface area contributed by atoms with Gasteiger partial charge < -0.3 is 14.0 Å². The standard InChI is InChI=1S/C19H21F3O6S2/c1-11(2)18(10-13-4-6-16(18)29-13)28-15-9-12(3-5-14(15)19(20,21)22)17(23)27-7-8-30(24,25)26/h3,5,9,13,16H,1,4,6-8,10H2,2H3,(H,24,25,26)/p-1. The van der Waals surface area contributed by atoms with E-state index < -0.39 is 51.5 Å². The van der Waals surface area contributed by atoms with Crippen LogP contribution >= 0.6 is 11.8 Å². The summed E-state index contributed by atoms with van der Waals surface area (Å²) in [6.07, 6.45) is -2.41. The van der Waals surface area contributed by atoms with Crippen LogP contribution in [0.1, 0.15) is 42.1 Å². The van der Waals surface area contributed by atoms with Gasteiger partial charge in [0.2, 0.25) is 0 Å². The summed E-state index contributed by atoms with van der Waals surface area (Å²) in [5.74, 6) is -2.49. The Kier molecular flexibility index (Phi) is 6.18. The third kappa shape index (κ3) is 4.78. The number of halogens is 3. The Bertz CT molecular complexity index is 960. The zero-order chi connectivity index (χ0) is 22.3. The van der Waals surface area contributed by atoms with Crippen molar-refractivity contribution in [3.63, 3.8) is 0 Å². The van der Waals surface area contributed by atoms with Crippen LogP contribution < -0.4 is 4.74 Å². The summed E-state index contributed by atoms with van der Waals surface area (Å²) in [5.41, 5.74) is -1.63. The van der Waals surface area contributed by atoms with Crippen LogP contribution in [0.25, 0.3) is 0 Å². The molecular weight excluding hydrogens is 445 g/mol. The van der Waals surface area contributed by atoms with E-state index in [9.17, 15) is 30.9 Å². The highest BCUT2D eigenvalue weighted by Gasteiger charge is 2.55. The Morgan fingerprint density at radius 3 is 2.57 bits per heavy atom. The molecule has 3 atom stereocenters. The Morgan fingerprint density at radius 1 is 1.37 bits per heavy atom. The topological polar surface area (TPSA) is 92.7 Å². The molecule has 2 aliphatic rings. The lowest BCUT2D eigenvalue weighted by atomic mass is 9.80. The number of rotatable bonds is 7. The van der Waals surface area contributed by atoms with Crippen molar-refractivity contribution in [1.82, 2.24) is 0 Å². The molecule has 0 aliphatic carbocycles. The van der Waals surface area contributed by atoms with Gasteiger partial charge in [-0.25, -0.2) is 13.2 Å². The third-order valence-electron chi connectivity index (χ3n) is 5.26. The molecule has 3 rings (SSSR count). The molecule has 30 heavy (non-hydrogen) atoms. The normalized spacial score (nSPS) is 25.9. The van der Waals surface area contributed by atoms with E-state index in [1.54, 1.807) is 18.7 Å². The lowest BCUT2D eigenvalue weighted by molar-refractivity contribution is -0.139. The maximum absolute atomic E-state index is 13.6. The second-order valence-corrected chi connectivity index (χ2v) is 10.4. The van der Waals surface area contributed by atoms with Crippen LogP contribution in [0.5, 0.6) is 5.75 Å². The molecule has 3 unspecified atom stereocenters. The quantitative estimate of drug-likeness (QED) is 0.344. The van der Waals surface area contributed by atoms with E-state index in [2.05, 4.69) is 6.58 Å². The number of benzene rings is 1. The van der Waals surface area contributed by atoms with Gasteiger partial charge in [-0.2, -0.15) is 24.9 Å². The summed E-state index contributed by atoms with van der Waals surface area (Å²) in [6.45, 7) is 4.96. The maximum atomic E-state index is 13.6. The van der Waals surface area contributed by atoms with Crippen molar-refractivity contribution >= 4 is 27.8 Å². The summed E-state index contributed by atoms with van der Waals surface area (Å²) in [5, 5.41) is 0.252. The van der Waals surface area contributed by atoms with Crippen LogP contribution in [0, 0.1) is 0 Å². The molecule has 0 spiro atoms. The summed E-state index contributed by atoms with van der Waals surface area (Å²) in [6, 6.07) is 2.59. The highest BCUT2D eigenvalue weighted by atomic mass is 32.2. The summed E-state index contributed by atoms with van der Waals surface area (Å²) < 4.78 is 83.2. The van der Waals surface area contributed by atoms with E-state index in [4.69, 9.17) is 9.47 Å². The van der Waals surface area contributed by atoms with Crippen molar-refractivity contribution in [2.45, 2.75) is 48.5 Å². The Hall–Kier alpha value is -1.72. The minimum atomic E-state index is -4.71. The minimum Gasteiger partial charge on any atom is -0.748 e. The van der Waals surface area contributed by atoms with Gasteiger partial charge in [0.05, 0.1) is 27.0 Å². The molecule has 2 fully saturated rings. The highest BCUT2D eigenvalue weighted by molar-refractivity contribution is 8.01. The van der Waals surface area contributed by atoms with E-state index >= 15 is 0 Å². The van der Waals surface area contributed by atoms with Crippen LogP contribution in [-0.4, -0.2) is 47.4 Å². The number of hydrogen-bond donors (Lipinski definition) is 0. The molecule has 2 heterocycles. The molecule has 1 aromatic carbocycles. The molecule has 6 nitrogen and oxygen atoms in total. The number of hydrogen-bond acceptors (Lipinski definition) is 7. The Morgan fingerprint density at radius 2 is 2.07 bits per heavy atom. The highest BCUT2D eigenvalue weighted by Crippen LogP contribution is 2.56. The first-order valence-corrected chi connectivity index (χ1v) is 11.7. The third-order valence-corrected chi connectivity index (χ3v) is 7.66. The van der Waals surface area contributed by atoms with Gasteiger partial charge in [0.1, 0.15) is 18.0 Å². The van der Waals surface area contributed by atoms with Crippen molar-refractivity contribution in [2.24, 2.45) is 0 Å². The second-order valence-electron chi connectivity index (χ2n) is 7.41. The molecule has 2 bridgehead atoms. The molecule has 166 valence electrons. The second kappa shape index (κ2) is 8.08. The first kappa shape index (κ1) is 23.0. The summed E-state index contributed by atoms with van der Waals surface area (Å²) >= 11 is 1.68. The minimum absolute atomic E-state index is 0.0287. The van der Waals surface area contributed by atoms with Crippen molar-refractivity contribution < 1.29 is 40.4 Å². The van der Waals surface area contributed by atoms with Crippen molar-refractivity contribution in [3.05, 3.63) is 41.5 Å². The van der Waals surface area contributed by atoms with Crippen LogP contribution in [0.3, 0.4) is 0 Å². The molecule has 0 N–H and O–H groups in total. The van der Waals surface area contributed by atoms with Crippen molar-refractivity contribution in [3.8, 4) is 5.75 Å². The number of esters is 1. The van der Waals surface area contributed by atoms with Gasteiger partial charge in [-0.3, -0.25) is 0 Å². The zero-order valence-electron chi connectivity index (χ0n) is 16.0. The molecule has 1 aromatic rings. The SMILES string of the molecule is C=C(C)C1(Oc2cc(C(=O)OCCS(=O)(=O)[O-])ccc2C(F)(F)F)CC2CCC1S2. The first-order chi connectivity index (χ1) is 13.8. The molecular formula is C19H20F3O6S2-. The predicted molar refractivity (Wildman–Crippen MR) is 103 cm³/mol. The maximum Gasteiger partial charge on any atom is 0.419 e. The van der Waals surface area contributed by atoms with Crippen LogP contribution in [0.2, 0.25) is 0 Å². The fourth-order valence-electron chi connectivity index (χ4n) is 3.80. The van der Waals surface area contributed by atoms with E-state index in [1.165, 1.54) is 0 Å². The van der Waals surface area contributed by atoms with Gasteiger partial charge in [0.25, 0.3) is 0 Å². The number of carbonyl (C=O) groups excluding carboxylic acids is 1. The number of fused-ring (bicyclic) bond motifs is 2. The fourth-order valence-corrected chi connectivity index (χ4v) is 6.00. The lowest BCUT2D eigenvalue weighted by Crippen LogP contribution is -2.46. The van der Waals surface area contributed by atoms with Gasteiger partial charge in [-0.1, -0.05) is 6.58 Å². The predicted octanol–water partition coefficient (Wildman–Crippen LogP) is 3.77. The molecule has 2 aliphatic heterocycles.